The molecule has 0 aromatic heterocycles. The molecule has 0 radical (unpaired) electrons. The minimum Gasteiger partial charge on any atom is -0.326 e. The Labute approximate surface area is 124 Å². The molecule has 0 saturated heterocycles. The number of halogens is 3. The maximum absolute atomic E-state index is 13.7. The predicted molar refractivity (Wildman–Crippen MR) is 75.0 cm³/mol. The molecule has 0 aliphatic heterocycles. The van der Waals surface area contributed by atoms with Crippen molar-refractivity contribution in [1.82, 2.24) is 0 Å². The minimum atomic E-state index is -0.919. The first kappa shape index (κ1) is 15.6. The van der Waals surface area contributed by atoms with Gasteiger partial charge in [0.2, 0.25) is 5.91 Å². The highest BCUT2D eigenvalue weighted by molar-refractivity contribution is 6.04. The molecule has 0 aliphatic rings. The van der Waals surface area contributed by atoms with E-state index >= 15 is 0 Å². The Kier molecular flexibility index (Phi) is 4.45. The van der Waals surface area contributed by atoms with Gasteiger partial charge in [0, 0.05) is 24.2 Å². The normalized spacial score (nSPS) is 10.2. The van der Waals surface area contributed by atoms with Gasteiger partial charge >= 0.3 is 0 Å². The van der Waals surface area contributed by atoms with Gasteiger partial charge in [-0.1, -0.05) is 0 Å². The lowest BCUT2D eigenvalue weighted by Gasteiger charge is -2.09. The van der Waals surface area contributed by atoms with Gasteiger partial charge in [0.05, 0.1) is 5.69 Å². The quantitative estimate of drug-likeness (QED) is 0.914. The van der Waals surface area contributed by atoms with Crippen molar-refractivity contribution in [3.05, 3.63) is 59.4 Å². The molecular weight excluding hydrogens is 297 g/mol. The highest BCUT2D eigenvalue weighted by Crippen LogP contribution is 2.21. The van der Waals surface area contributed by atoms with Gasteiger partial charge in [-0.3, -0.25) is 9.59 Å². The van der Waals surface area contributed by atoms with Gasteiger partial charge < -0.3 is 10.6 Å². The molecule has 2 rings (SSSR count). The van der Waals surface area contributed by atoms with Gasteiger partial charge in [-0.25, -0.2) is 13.2 Å². The largest absolute Gasteiger partial charge is 0.326 e. The van der Waals surface area contributed by atoms with Crippen LogP contribution < -0.4 is 10.6 Å². The predicted octanol–water partition coefficient (Wildman–Crippen LogP) is 3.31. The van der Waals surface area contributed by atoms with Crippen LogP contribution >= 0.6 is 0 Å². The van der Waals surface area contributed by atoms with Crippen LogP contribution in [0.5, 0.6) is 0 Å². The number of rotatable bonds is 3. The van der Waals surface area contributed by atoms with Gasteiger partial charge in [0.25, 0.3) is 5.91 Å². The number of anilines is 2. The van der Waals surface area contributed by atoms with Crippen molar-refractivity contribution in [3.8, 4) is 0 Å². The van der Waals surface area contributed by atoms with Crippen molar-refractivity contribution in [1.29, 1.82) is 0 Å². The molecule has 2 aromatic carbocycles. The summed E-state index contributed by atoms with van der Waals surface area (Å²) in [7, 11) is 0. The van der Waals surface area contributed by atoms with Crippen LogP contribution in [0.3, 0.4) is 0 Å². The molecule has 0 bridgehead atoms. The van der Waals surface area contributed by atoms with Crippen LogP contribution in [0.15, 0.2) is 36.4 Å². The Bertz CT molecular complexity index is 727. The molecule has 2 N–H and O–H groups in total. The fourth-order valence-electron chi connectivity index (χ4n) is 1.78. The van der Waals surface area contributed by atoms with Crippen LogP contribution in [0.2, 0.25) is 0 Å². The molecule has 22 heavy (non-hydrogen) atoms. The zero-order valence-electron chi connectivity index (χ0n) is 11.4. The molecule has 2 amide bonds. The maximum Gasteiger partial charge on any atom is 0.255 e. The summed E-state index contributed by atoms with van der Waals surface area (Å²) in [5, 5.41) is 4.62. The van der Waals surface area contributed by atoms with Crippen molar-refractivity contribution >= 4 is 23.2 Å². The van der Waals surface area contributed by atoms with E-state index in [0.29, 0.717) is 6.07 Å². The van der Waals surface area contributed by atoms with Crippen LogP contribution in [0.1, 0.15) is 17.3 Å². The third-order valence-corrected chi connectivity index (χ3v) is 2.66. The zero-order valence-corrected chi connectivity index (χ0v) is 11.4. The van der Waals surface area contributed by atoms with Crippen LogP contribution in [-0.4, -0.2) is 11.8 Å². The molecule has 2 aromatic rings. The Morgan fingerprint density at radius 3 is 2.14 bits per heavy atom. The first-order valence-electron chi connectivity index (χ1n) is 6.20. The molecule has 0 unspecified atom stereocenters. The lowest BCUT2D eigenvalue weighted by atomic mass is 10.2. The van der Waals surface area contributed by atoms with Crippen molar-refractivity contribution in [2.24, 2.45) is 0 Å². The zero-order chi connectivity index (χ0) is 16.3. The average molecular weight is 308 g/mol. The molecule has 0 spiro atoms. The van der Waals surface area contributed by atoms with Crippen LogP contribution in [0.4, 0.5) is 24.5 Å². The molecule has 0 heterocycles. The first-order chi connectivity index (χ1) is 10.3. The van der Waals surface area contributed by atoms with Crippen LogP contribution in [-0.2, 0) is 4.79 Å². The number of carbonyl (C=O) groups is 2. The number of amides is 2. The van der Waals surface area contributed by atoms with Crippen LogP contribution in [0, 0.1) is 17.5 Å². The molecule has 0 aliphatic carbocycles. The van der Waals surface area contributed by atoms with Crippen molar-refractivity contribution in [2.75, 3.05) is 10.6 Å². The average Bonchev–Trinajstić information content (AvgIpc) is 2.40. The van der Waals surface area contributed by atoms with E-state index < -0.39 is 23.4 Å². The van der Waals surface area contributed by atoms with E-state index in [-0.39, 0.29) is 22.8 Å². The molecule has 0 atom stereocenters. The highest BCUT2D eigenvalue weighted by Gasteiger charge is 2.12. The van der Waals surface area contributed by atoms with Crippen molar-refractivity contribution in [2.45, 2.75) is 6.92 Å². The second-order valence-electron chi connectivity index (χ2n) is 4.49. The minimum absolute atomic E-state index is 0.221. The van der Waals surface area contributed by atoms with E-state index in [2.05, 4.69) is 10.6 Å². The molecule has 4 nitrogen and oxygen atoms in total. The number of benzene rings is 2. The lowest BCUT2D eigenvalue weighted by Crippen LogP contribution is -2.14. The molecule has 0 saturated carbocycles. The third kappa shape index (κ3) is 3.85. The van der Waals surface area contributed by atoms with E-state index in [1.807, 2.05) is 0 Å². The third-order valence-electron chi connectivity index (χ3n) is 2.66. The Morgan fingerprint density at radius 2 is 1.55 bits per heavy atom. The van der Waals surface area contributed by atoms with E-state index in [9.17, 15) is 22.8 Å². The van der Waals surface area contributed by atoms with Gasteiger partial charge in [-0.05, 0) is 30.3 Å². The summed E-state index contributed by atoms with van der Waals surface area (Å²) < 4.78 is 39.8. The summed E-state index contributed by atoms with van der Waals surface area (Å²) >= 11 is 0. The summed E-state index contributed by atoms with van der Waals surface area (Å²) in [5.74, 6) is -3.83. The number of carbonyl (C=O) groups excluding carboxylic acids is 2. The van der Waals surface area contributed by atoms with Gasteiger partial charge in [-0.2, -0.15) is 0 Å². The fraction of sp³-hybridized carbons (Fsp3) is 0.0667. The number of nitrogens with one attached hydrogen (secondary N) is 2. The second-order valence-corrected chi connectivity index (χ2v) is 4.49. The smallest absolute Gasteiger partial charge is 0.255 e. The number of hydrogen-bond acceptors (Lipinski definition) is 2. The fourth-order valence-corrected chi connectivity index (χ4v) is 1.78. The van der Waals surface area contributed by atoms with E-state index in [1.54, 1.807) is 0 Å². The Hall–Kier alpha value is -2.83. The van der Waals surface area contributed by atoms with E-state index in [0.717, 1.165) is 18.2 Å². The first-order valence-corrected chi connectivity index (χ1v) is 6.20. The van der Waals surface area contributed by atoms with E-state index in [1.165, 1.54) is 19.1 Å². The summed E-state index contributed by atoms with van der Waals surface area (Å²) in [4.78, 5) is 22.9. The molecule has 7 heteroatoms. The molecule has 0 fully saturated rings. The number of hydrogen-bond donors (Lipinski definition) is 2. The second kappa shape index (κ2) is 6.30. The molecule has 114 valence electrons. The van der Waals surface area contributed by atoms with E-state index in [4.69, 9.17) is 0 Å². The standard InChI is InChI=1S/C15H11F3N2O2/c1-8(21)19-12-2-3-13(18)14(7-12)20-15(22)9-4-10(16)6-11(17)5-9/h2-7H,1H3,(H,19,21)(H,20,22). The van der Waals surface area contributed by atoms with Gasteiger partial charge in [0.1, 0.15) is 17.5 Å². The summed E-state index contributed by atoms with van der Waals surface area (Å²) in [6.45, 7) is 1.27. The maximum atomic E-state index is 13.7. The SMILES string of the molecule is CC(=O)Nc1ccc(F)c(NC(=O)c2cc(F)cc(F)c2)c1. The van der Waals surface area contributed by atoms with Gasteiger partial charge in [0.15, 0.2) is 0 Å². The van der Waals surface area contributed by atoms with Crippen molar-refractivity contribution < 1.29 is 22.8 Å². The lowest BCUT2D eigenvalue weighted by molar-refractivity contribution is -0.114. The van der Waals surface area contributed by atoms with Crippen molar-refractivity contribution in [3.63, 3.8) is 0 Å². The summed E-state index contributed by atoms with van der Waals surface area (Å²) in [6.07, 6.45) is 0. The summed E-state index contributed by atoms with van der Waals surface area (Å²) in [5.41, 5.74) is -0.239. The summed E-state index contributed by atoms with van der Waals surface area (Å²) in [6, 6.07) is 5.84. The molecular formula is C15H11F3N2O2. The topological polar surface area (TPSA) is 58.2 Å². The highest BCUT2D eigenvalue weighted by atomic mass is 19.1. The Balaban J connectivity index is 2.25. The monoisotopic (exact) mass is 308 g/mol. The Morgan fingerprint density at radius 1 is 0.909 bits per heavy atom. The van der Waals surface area contributed by atoms with Gasteiger partial charge in [-0.15, -0.1) is 0 Å². The van der Waals surface area contributed by atoms with Crippen LogP contribution in [0.25, 0.3) is 0 Å².